The van der Waals surface area contributed by atoms with Gasteiger partial charge in [0.05, 0.1) is 31.4 Å². The van der Waals surface area contributed by atoms with Gasteiger partial charge < -0.3 is 19.5 Å². The van der Waals surface area contributed by atoms with E-state index >= 15 is 0 Å². The zero-order valence-corrected chi connectivity index (χ0v) is 17.6. The number of rotatable bonds is 5. The van der Waals surface area contributed by atoms with Gasteiger partial charge in [-0.2, -0.15) is 0 Å². The fourth-order valence-electron chi connectivity index (χ4n) is 2.60. The summed E-state index contributed by atoms with van der Waals surface area (Å²) in [6.45, 7) is 0. The van der Waals surface area contributed by atoms with E-state index in [2.05, 4.69) is 5.32 Å². The SMILES string of the molecule is COc1cc(NC(=O)c2sc3cc(Cl)cc(Cl)c3c2Cl)cc(OC)c1OC. The van der Waals surface area contributed by atoms with Crippen LogP contribution in [-0.2, 0) is 0 Å². The first-order chi connectivity index (χ1) is 12.9. The first-order valence-corrected chi connectivity index (χ1v) is 9.53. The minimum atomic E-state index is -0.386. The maximum absolute atomic E-state index is 12.8. The number of fused-ring (bicyclic) bond motifs is 1. The van der Waals surface area contributed by atoms with Crippen molar-refractivity contribution >= 4 is 67.8 Å². The topological polar surface area (TPSA) is 56.8 Å². The summed E-state index contributed by atoms with van der Waals surface area (Å²) in [6, 6.07) is 6.56. The van der Waals surface area contributed by atoms with E-state index in [1.807, 2.05) is 0 Å². The quantitative estimate of drug-likeness (QED) is 0.511. The highest BCUT2D eigenvalue weighted by Crippen LogP contribution is 2.43. The fraction of sp³-hybridized carbons (Fsp3) is 0.167. The monoisotopic (exact) mass is 445 g/mol. The van der Waals surface area contributed by atoms with Crippen LogP contribution in [0.2, 0.25) is 15.1 Å². The number of thiophene rings is 1. The van der Waals surface area contributed by atoms with Crippen LogP contribution in [0.3, 0.4) is 0 Å². The lowest BCUT2D eigenvalue weighted by molar-refractivity contribution is 0.103. The lowest BCUT2D eigenvalue weighted by Crippen LogP contribution is -2.11. The molecular formula is C18H14Cl3NO4S. The van der Waals surface area contributed by atoms with Gasteiger partial charge in [-0.25, -0.2) is 0 Å². The van der Waals surface area contributed by atoms with E-state index in [1.54, 1.807) is 24.3 Å². The molecule has 142 valence electrons. The smallest absolute Gasteiger partial charge is 0.267 e. The molecule has 9 heteroatoms. The summed E-state index contributed by atoms with van der Waals surface area (Å²) >= 11 is 19.8. The number of ether oxygens (including phenoxy) is 3. The molecular weight excluding hydrogens is 433 g/mol. The molecule has 3 aromatic rings. The summed E-state index contributed by atoms with van der Waals surface area (Å²) in [4.78, 5) is 13.1. The third-order valence-corrected chi connectivity index (χ3v) is 5.92. The number of halogens is 3. The second kappa shape index (κ2) is 8.02. The first-order valence-electron chi connectivity index (χ1n) is 7.58. The van der Waals surface area contributed by atoms with Crippen LogP contribution in [0.25, 0.3) is 10.1 Å². The fourth-order valence-corrected chi connectivity index (χ4v) is 4.87. The number of hydrogen-bond donors (Lipinski definition) is 1. The van der Waals surface area contributed by atoms with Crippen LogP contribution in [-0.4, -0.2) is 27.2 Å². The number of carbonyl (C=O) groups excluding carboxylic acids is 1. The molecule has 0 bridgehead atoms. The van der Waals surface area contributed by atoms with Crippen LogP contribution < -0.4 is 19.5 Å². The van der Waals surface area contributed by atoms with Crippen LogP contribution in [0.1, 0.15) is 9.67 Å². The Morgan fingerprint density at radius 3 is 2.15 bits per heavy atom. The van der Waals surface area contributed by atoms with E-state index in [-0.39, 0.29) is 10.9 Å². The van der Waals surface area contributed by atoms with Gasteiger partial charge in [-0.05, 0) is 12.1 Å². The number of carbonyl (C=O) groups is 1. The Bertz CT molecular complexity index is 1010. The Kier molecular flexibility index (Phi) is 5.91. The van der Waals surface area contributed by atoms with Gasteiger partial charge in [0.25, 0.3) is 5.91 Å². The summed E-state index contributed by atoms with van der Waals surface area (Å²) in [6.07, 6.45) is 0. The van der Waals surface area contributed by atoms with E-state index < -0.39 is 0 Å². The molecule has 27 heavy (non-hydrogen) atoms. The van der Waals surface area contributed by atoms with Gasteiger partial charge in [-0.3, -0.25) is 4.79 Å². The Labute approximate surface area is 174 Å². The maximum atomic E-state index is 12.8. The molecule has 1 N–H and O–H groups in total. The molecule has 0 fully saturated rings. The molecule has 1 amide bonds. The number of methoxy groups -OCH3 is 3. The maximum Gasteiger partial charge on any atom is 0.267 e. The highest BCUT2D eigenvalue weighted by Gasteiger charge is 2.21. The number of anilines is 1. The molecule has 0 aliphatic carbocycles. The Morgan fingerprint density at radius 1 is 0.963 bits per heavy atom. The van der Waals surface area contributed by atoms with Gasteiger partial charge in [-0.1, -0.05) is 34.8 Å². The molecule has 0 spiro atoms. The van der Waals surface area contributed by atoms with Crippen molar-refractivity contribution in [1.29, 1.82) is 0 Å². The van der Waals surface area contributed by atoms with Crippen molar-refractivity contribution < 1.29 is 19.0 Å². The molecule has 2 aromatic carbocycles. The van der Waals surface area contributed by atoms with E-state index in [9.17, 15) is 4.79 Å². The summed E-state index contributed by atoms with van der Waals surface area (Å²) < 4.78 is 16.6. The molecule has 0 radical (unpaired) electrons. The summed E-state index contributed by atoms with van der Waals surface area (Å²) in [5.41, 5.74) is 0.465. The van der Waals surface area contributed by atoms with Crippen molar-refractivity contribution in [1.82, 2.24) is 0 Å². The molecule has 0 atom stereocenters. The third-order valence-electron chi connectivity index (χ3n) is 3.78. The standard InChI is InChI=1S/C18H14Cl3NO4S/c1-24-11-6-9(7-12(25-2)16(11)26-3)22-18(23)17-15(21)14-10(20)4-8(19)5-13(14)27-17/h4-7H,1-3H3,(H,22,23). The molecule has 3 rings (SSSR count). The van der Waals surface area contributed by atoms with Gasteiger partial charge in [0, 0.05) is 32.9 Å². The zero-order chi connectivity index (χ0) is 19.7. The zero-order valence-electron chi connectivity index (χ0n) is 14.5. The predicted molar refractivity (Wildman–Crippen MR) is 111 cm³/mol. The molecule has 5 nitrogen and oxygen atoms in total. The van der Waals surface area contributed by atoms with E-state index in [0.717, 1.165) is 4.70 Å². The molecule has 1 aromatic heterocycles. The number of amides is 1. The second-order valence-corrected chi connectivity index (χ2v) is 7.65. The molecule has 0 unspecified atom stereocenters. The molecule has 0 saturated heterocycles. The minimum Gasteiger partial charge on any atom is -0.493 e. The Hall–Kier alpha value is -1.86. The van der Waals surface area contributed by atoms with Gasteiger partial charge in [-0.15, -0.1) is 11.3 Å². The summed E-state index contributed by atoms with van der Waals surface area (Å²) in [5, 5.41) is 4.54. The van der Waals surface area contributed by atoms with Crippen LogP contribution in [0.5, 0.6) is 17.2 Å². The Morgan fingerprint density at radius 2 is 1.59 bits per heavy atom. The van der Waals surface area contributed by atoms with Crippen molar-refractivity contribution in [2.24, 2.45) is 0 Å². The lowest BCUT2D eigenvalue weighted by atomic mass is 10.2. The van der Waals surface area contributed by atoms with Crippen molar-refractivity contribution in [3.63, 3.8) is 0 Å². The van der Waals surface area contributed by atoms with E-state index in [0.29, 0.717) is 43.2 Å². The average molecular weight is 447 g/mol. The largest absolute Gasteiger partial charge is 0.493 e. The number of hydrogen-bond acceptors (Lipinski definition) is 5. The predicted octanol–water partition coefficient (Wildman–Crippen LogP) is 6.14. The summed E-state index contributed by atoms with van der Waals surface area (Å²) in [5.74, 6) is 0.885. The van der Waals surface area contributed by atoms with Gasteiger partial charge in [0.2, 0.25) is 5.75 Å². The van der Waals surface area contributed by atoms with Crippen molar-refractivity contribution in [2.75, 3.05) is 26.6 Å². The first kappa shape index (κ1) is 19.9. The Balaban J connectivity index is 2.00. The second-order valence-electron chi connectivity index (χ2n) is 5.37. The normalized spacial score (nSPS) is 10.7. The highest BCUT2D eigenvalue weighted by molar-refractivity contribution is 7.21. The van der Waals surface area contributed by atoms with Crippen molar-refractivity contribution in [2.45, 2.75) is 0 Å². The van der Waals surface area contributed by atoms with Gasteiger partial charge in [0.1, 0.15) is 4.88 Å². The average Bonchev–Trinajstić information content (AvgIpc) is 2.97. The third kappa shape index (κ3) is 3.75. The van der Waals surface area contributed by atoms with E-state index in [4.69, 9.17) is 49.0 Å². The van der Waals surface area contributed by atoms with Crippen LogP contribution in [0, 0.1) is 0 Å². The van der Waals surface area contributed by atoms with Crippen LogP contribution in [0.15, 0.2) is 24.3 Å². The van der Waals surface area contributed by atoms with Gasteiger partial charge >= 0.3 is 0 Å². The molecule has 0 aliphatic rings. The molecule has 0 aliphatic heterocycles. The van der Waals surface area contributed by atoms with Crippen molar-refractivity contribution in [3.8, 4) is 17.2 Å². The minimum absolute atomic E-state index is 0.279. The number of nitrogens with one attached hydrogen (secondary N) is 1. The molecule has 0 saturated carbocycles. The number of benzene rings is 2. The van der Waals surface area contributed by atoms with Crippen LogP contribution in [0.4, 0.5) is 5.69 Å². The van der Waals surface area contributed by atoms with Crippen LogP contribution >= 0.6 is 46.1 Å². The lowest BCUT2D eigenvalue weighted by Gasteiger charge is -2.14. The summed E-state index contributed by atoms with van der Waals surface area (Å²) in [7, 11) is 4.50. The molecule has 1 heterocycles. The highest BCUT2D eigenvalue weighted by atomic mass is 35.5. The van der Waals surface area contributed by atoms with Crippen molar-refractivity contribution in [3.05, 3.63) is 44.2 Å². The van der Waals surface area contributed by atoms with Gasteiger partial charge in [0.15, 0.2) is 11.5 Å². The van der Waals surface area contributed by atoms with E-state index in [1.165, 1.54) is 32.7 Å².